The molecule has 0 bridgehead atoms. The summed E-state index contributed by atoms with van der Waals surface area (Å²) in [7, 11) is 3.73. The van der Waals surface area contributed by atoms with Crippen molar-refractivity contribution >= 4 is 5.95 Å². The van der Waals surface area contributed by atoms with Crippen LogP contribution in [0.1, 0.15) is 5.56 Å². The molecule has 0 aliphatic rings. The molecule has 0 saturated heterocycles. The minimum absolute atomic E-state index is 0.0983. The van der Waals surface area contributed by atoms with Crippen LogP contribution < -0.4 is 4.90 Å². The molecule has 1 N–H and O–H groups in total. The number of hydrogen-bond donors (Lipinski definition) is 1. The zero-order valence-corrected chi connectivity index (χ0v) is 10.2. The van der Waals surface area contributed by atoms with E-state index in [9.17, 15) is 5.11 Å². The Morgan fingerprint density at radius 3 is 2.65 bits per heavy atom. The van der Waals surface area contributed by atoms with Gasteiger partial charge in [0, 0.05) is 19.7 Å². The van der Waals surface area contributed by atoms with Crippen molar-refractivity contribution in [2.24, 2.45) is 0 Å². The second kappa shape index (κ2) is 4.41. The minimum Gasteiger partial charge on any atom is -0.504 e. The van der Waals surface area contributed by atoms with Gasteiger partial charge in [-0.1, -0.05) is 23.8 Å². The first-order valence-electron chi connectivity index (χ1n) is 5.38. The lowest BCUT2D eigenvalue weighted by Crippen LogP contribution is -2.12. The molecule has 0 unspecified atom stereocenters. The monoisotopic (exact) mass is 229 g/mol. The molecule has 1 aromatic heterocycles. The summed E-state index contributed by atoms with van der Waals surface area (Å²) in [6, 6.07) is 7.87. The fraction of sp³-hybridized carbons (Fsp3) is 0.231. The van der Waals surface area contributed by atoms with Crippen molar-refractivity contribution in [3.05, 3.63) is 36.0 Å². The van der Waals surface area contributed by atoms with E-state index in [4.69, 9.17) is 0 Å². The molecule has 4 heteroatoms. The van der Waals surface area contributed by atoms with E-state index in [2.05, 4.69) is 9.97 Å². The molecule has 0 fully saturated rings. The van der Waals surface area contributed by atoms with Crippen LogP contribution >= 0.6 is 0 Å². The summed E-state index contributed by atoms with van der Waals surface area (Å²) in [6.07, 6.45) is 1.43. The zero-order valence-electron chi connectivity index (χ0n) is 10.2. The smallest absolute Gasteiger partial charge is 0.225 e. The lowest BCUT2D eigenvalue weighted by molar-refractivity contribution is 0.472. The van der Waals surface area contributed by atoms with E-state index in [1.807, 2.05) is 45.3 Å². The third-order valence-corrected chi connectivity index (χ3v) is 2.45. The molecular formula is C13H15N3O. The zero-order chi connectivity index (χ0) is 12.4. The number of nitrogens with zero attached hydrogens (tertiary/aromatic N) is 3. The van der Waals surface area contributed by atoms with Crippen LogP contribution in [-0.4, -0.2) is 29.2 Å². The predicted molar refractivity (Wildman–Crippen MR) is 68.2 cm³/mol. The highest BCUT2D eigenvalue weighted by Gasteiger charge is 2.09. The molecule has 0 atom stereocenters. The van der Waals surface area contributed by atoms with Crippen molar-refractivity contribution in [2.75, 3.05) is 19.0 Å². The maximum atomic E-state index is 9.82. The van der Waals surface area contributed by atoms with Gasteiger partial charge in [0.1, 0.15) is 5.69 Å². The average Bonchev–Trinajstić information content (AvgIpc) is 2.29. The van der Waals surface area contributed by atoms with E-state index in [1.165, 1.54) is 6.20 Å². The highest BCUT2D eigenvalue weighted by molar-refractivity contribution is 5.67. The minimum atomic E-state index is 0.0983. The van der Waals surface area contributed by atoms with Gasteiger partial charge in [0.25, 0.3) is 0 Å². The highest BCUT2D eigenvalue weighted by atomic mass is 16.3. The van der Waals surface area contributed by atoms with Gasteiger partial charge >= 0.3 is 0 Å². The second-order valence-electron chi connectivity index (χ2n) is 4.17. The van der Waals surface area contributed by atoms with Gasteiger partial charge in [-0.15, -0.1) is 0 Å². The molecule has 2 rings (SSSR count). The van der Waals surface area contributed by atoms with E-state index in [0.29, 0.717) is 11.6 Å². The van der Waals surface area contributed by atoms with Gasteiger partial charge in [0.2, 0.25) is 5.95 Å². The topological polar surface area (TPSA) is 49.2 Å². The summed E-state index contributed by atoms with van der Waals surface area (Å²) >= 11 is 0. The number of aromatic hydroxyl groups is 1. The van der Waals surface area contributed by atoms with Gasteiger partial charge in [-0.05, 0) is 13.0 Å². The van der Waals surface area contributed by atoms with Crippen LogP contribution in [-0.2, 0) is 0 Å². The van der Waals surface area contributed by atoms with Crippen LogP contribution in [0.5, 0.6) is 5.75 Å². The Bertz CT molecular complexity index is 538. The average molecular weight is 229 g/mol. The molecule has 0 spiro atoms. The summed E-state index contributed by atoms with van der Waals surface area (Å²) < 4.78 is 0. The first-order valence-corrected chi connectivity index (χ1v) is 5.38. The normalized spacial score (nSPS) is 10.3. The molecule has 0 amide bonds. The van der Waals surface area contributed by atoms with Crippen LogP contribution in [0.25, 0.3) is 11.3 Å². The Hall–Kier alpha value is -2.10. The van der Waals surface area contributed by atoms with E-state index >= 15 is 0 Å². The van der Waals surface area contributed by atoms with Crippen molar-refractivity contribution in [3.8, 4) is 17.0 Å². The molecule has 1 heterocycles. The molecule has 0 aliphatic carbocycles. The van der Waals surface area contributed by atoms with Crippen molar-refractivity contribution < 1.29 is 5.11 Å². The van der Waals surface area contributed by atoms with Crippen molar-refractivity contribution in [2.45, 2.75) is 6.92 Å². The molecule has 0 aliphatic heterocycles. The Kier molecular flexibility index (Phi) is 2.95. The predicted octanol–water partition coefficient (Wildman–Crippen LogP) is 2.22. The van der Waals surface area contributed by atoms with Gasteiger partial charge in [-0.2, -0.15) is 0 Å². The third kappa shape index (κ3) is 2.36. The quantitative estimate of drug-likeness (QED) is 0.857. The first kappa shape index (κ1) is 11.4. The van der Waals surface area contributed by atoms with Crippen LogP contribution in [0.3, 0.4) is 0 Å². The van der Waals surface area contributed by atoms with Crippen LogP contribution in [0.4, 0.5) is 5.95 Å². The summed E-state index contributed by atoms with van der Waals surface area (Å²) in [6.45, 7) is 2.01. The van der Waals surface area contributed by atoms with Gasteiger partial charge in [0.15, 0.2) is 5.75 Å². The highest BCUT2D eigenvalue weighted by Crippen LogP contribution is 2.27. The van der Waals surface area contributed by atoms with Crippen LogP contribution in [0, 0.1) is 6.92 Å². The first-order chi connectivity index (χ1) is 8.08. The lowest BCUT2D eigenvalue weighted by atomic mass is 10.1. The Balaban J connectivity index is 2.54. The standard InChI is InChI=1S/C13H15N3O/c1-9-5-4-6-10(7-9)12-11(17)8-14-13(15-12)16(2)3/h4-8,17H,1-3H3. The summed E-state index contributed by atoms with van der Waals surface area (Å²) in [5.41, 5.74) is 2.59. The van der Waals surface area contributed by atoms with Crippen molar-refractivity contribution in [1.29, 1.82) is 0 Å². The molecule has 0 saturated carbocycles. The molecule has 1 aromatic carbocycles. The molecule has 4 nitrogen and oxygen atoms in total. The molecule has 0 radical (unpaired) electrons. The summed E-state index contributed by atoms with van der Waals surface area (Å²) in [5, 5.41) is 9.82. The fourth-order valence-electron chi connectivity index (χ4n) is 1.59. The second-order valence-corrected chi connectivity index (χ2v) is 4.17. The number of rotatable bonds is 2. The Morgan fingerprint density at radius 2 is 2.00 bits per heavy atom. The van der Waals surface area contributed by atoms with Crippen LogP contribution in [0.15, 0.2) is 30.5 Å². The van der Waals surface area contributed by atoms with Gasteiger partial charge in [0.05, 0.1) is 6.20 Å². The SMILES string of the molecule is Cc1cccc(-c2nc(N(C)C)ncc2O)c1. The molecular weight excluding hydrogens is 214 g/mol. The molecule has 88 valence electrons. The van der Waals surface area contributed by atoms with Gasteiger partial charge in [-0.25, -0.2) is 9.97 Å². The van der Waals surface area contributed by atoms with Crippen molar-refractivity contribution in [1.82, 2.24) is 9.97 Å². The fourth-order valence-corrected chi connectivity index (χ4v) is 1.59. The van der Waals surface area contributed by atoms with Gasteiger partial charge < -0.3 is 10.0 Å². The van der Waals surface area contributed by atoms with E-state index in [1.54, 1.807) is 4.90 Å². The maximum Gasteiger partial charge on any atom is 0.225 e. The van der Waals surface area contributed by atoms with E-state index in [0.717, 1.165) is 11.1 Å². The number of benzene rings is 1. The lowest BCUT2D eigenvalue weighted by Gasteiger charge is -2.12. The Morgan fingerprint density at radius 1 is 1.24 bits per heavy atom. The number of aromatic nitrogens is 2. The molecule has 2 aromatic rings. The number of anilines is 1. The number of hydrogen-bond acceptors (Lipinski definition) is 4. The van der Waals surface area contributed by atoms with Crippen LogP contribution in [0.2, 0.25) is 0 Å². The molecule has 17 heavy (non-hydrogen) atoms. The largest absolute Gasteiger partial charge is 0.504 e. The maximum absolute atomic E-state index is 9.82. The Labute approximate surface area is 101 Å². The third-order valence-electron chi connectivity index (χ3n) is 2.45. The number of aryl methyl sites for hydroxylation is 1. The van der Waals surface area contributed by atoms with Crippen molar-refractivity contribution in [3.63, 3.8) is 0 Å². The van der Waals surface area contributed by atoms with E-state index in [-0.39, 0.29) is 5.75 Å². The summed E-state index contributed by atoms with van der Waals surface area (Å²) in [4.78, 5) is 10.2. The van der Waals surface area contributed by atoms with Gasteiger partial charge in [-0.3, -0.25) is 0 Å². The van der Waals surface area contributed by atoms with E-state index < -0.39 is 0 Å². The summed E-state index contributed by atoms with van der Waals surface area (Å²) in [5.74, 6) is 0.681.